The first-order valence-electron chi connectivity index (χ1n) is 5.38. The average molecular weight is 209 g/mol. The number of aromatic nitrogens is 3. The van der Waals surface area contributed by atoms with Gasteiger partial charge in [0.25, 0.3) is 0 Å². The Morgan fingerprint density at radius 1 is 1.33 bits per heavy atom. The fourth-order valence-corrected chi connectivity index (χ4v) is 1.30. The fourth-order valence-electron chi connectivity index (χ4n) is 1.30. The van der Waals surface area contributed by atoms with Crippen molar-refractivity contribution in [2.75, 3.05) is 23.3 Å². The summed E-state index contributed by atoms with van der Waals surface area (Å²) >= 11 is 0. The van der Waals surface area contributed by atoms with Crippen LogP contribution in [0.3, 0.4) is 0 Å². The minimum absolute atomic E-state index is 0.353. The molecule has 0 saturated heterocycles. The van der Waals surface area contributed by atoms with Crippen LogP contribution in [0.15, 0.2) is 6.20 Å². The Bertz CT molecular complexity index is 296. The topological polar surface area (TPSA) is 53.9 Å². The molecule has 0 atom stereocenters. The van der Waals surface area contributed by atoms with Crippen LogP contribution >= 0.6 is 0 Å². The Morgan fingerprint density at radius 3 is 2.53 bits per heavy atom. The molecule has 1 heterocycles. The van der Waals surface area contributed by atoms with Crippen molar-refractivity contribution in [3.05, 3.63) is 6.20 Å². The highest BCUT2D eigenvalue weighted by molar-refractivity contribution is 5.39. The van der Waals surface area contributed by atoms with Gasteiger partial charge in [-0.3, -0.25) is 0 Å². The van der Waals surface area contributed by atoms with E-state index < -0.39 is 0 Å². The normalized spacial score (nSPS) is 10.5. The van der Waals surface area contributed by atoms with E-state index in [1.807, 2.05) is 0 Å². The number of nitrogens with one attached hydrogen (secondary N) is 1. The first-order chi connectivity index (χ1) is 7.17. The van der Waals surface area contributed by atoms with Crippen molar-refractivity contribution in [1.29, 1.82) is 0 Å². The Hall–Kier alpha value is -1.39. The zero-order chi connectivity index (χ0) is 11.3. The van der Waals surface area contributed by atoms with Crippen LogP contribution in [-0.2, 0) is 0 Å². The third-order valence-electron chi connectivity index (χ3n) is 2.03. The van der Waals surface area contributed by atoms with Crippen LogP contribution in [0.5, 0.6) is 0 Å². The molecule has 0 amide bonds. The lowest BCUT2D eigenvalue weighted by Crippen LogP contribution is -2.25. The molecular formula is C10H19N5. The van der Waals surface area contributed by atoms with E-state index in [4.69, 9.17) is 0 Å². The van der Waals surface area contributed by atoms with Crippen LogP contribution in [0, 0.1) is 0 Å². The Morgan fingerprint density at radius 2 is 2.00 bits per heavy atom. The van der Waals surface area contributed by atoms with Crippen LogP contribution < -0.4 is 10.2 Å². The number of hydrogen-bond donors (Lipinski definition) is 1. The molecule has 5 heteroatoms. The summed E-state index contributed by atoms with van der Waals surface area (Å²) in [5.41, 5.74) is 0. The summed E-state index contributed by atoms with van der Waals surface area (Å²) in [6.07, 6.45) is 1.65. The van der Waals surface area contributed by atoms with Crippen molar-refractivity contribution in [3.8, 4) is 0 Å². The van der Waals surface area contributed by atoms with Crippen molar-refractivity contribution >= 4 is 11.8 Å². The van der Waals surface area contributed by atoms with Gasteiger partial charge in [0.1, 0.15) is 0 Å². The molecule has 15 heavy (non-hydrogen) atoms. The summed E-state index contributed by atoms with van der Waals surface area (Å²) in [5, 5.41) is 11.2. The van der Waals surface area contributed by atoms with Gasteiger partial charge in [0.2, 0.25) is 5.95 Å². The molecule has 0 aromatic carbocycles. The van der Waals surface area contributed by atoms with Crippen LogP contribution in [0.4, 0.5) is 11.8 Å². The Labute approximate surface area is 90.9 Å². The summed E-state index contributed by atoms with van der Waals surface area (Å²) < 4.78 is 0. The second-order valence-electron chi connectivity index (χ2n) is 3.61. The molecule has 5 nitrogen and oxygen atoms in total. The van der Waals surface area contributed by atoms with Crippen LogP contribution in [0.2, 0.25) is 0 Å². The molecule has 1 N–H and O–H groups in total. The molecule has 0 saturated carbocycles. The van der Waals surface area contributed by atoms with E-state index in [1.54, 1.807) is 6.20 Å². The van der Waals surface area contributed by atoms with Crippen molar-refractivity contribution in [1.82, 2.24) is 15.2 Å². The minimum Gasteiger partial charge on any atom is -0.366 e. The smallest absolute Gasteiger partial charge is 0.247 e. The van der Waals surface area contributed by atoms with Crippen molar-refractivity contribution in [3.63, 3.8) is 0 Å². The predicted octanol–water partition coefficient (Wildman–Crippen LogP) is 1.54. The Kier molecular flexibility index (Phi) is 4.27. The second-order valence-corrected chi connectivity index (χ2v) is 3.61. The van der Waals surface area contributed by atoms with Gasteiger partial charge in [-0.1, -0.05) is 0 Å². The first-order valence-corrected chi connectivity index (χ1v) is 5.38. The molecule has 0 spiro atoms. The molecular weight excluding hydrogens is 190 g/mol. The van der Waals surface area contributed by atoms with Gasteiger partial charge in [-0.2, -0.15) is 10.1 Å². The van der Waals surface area contributed by atoms with Crippen LogP contribution in [0.1, 0.15) is 27.7 Å². The second kappa shape index (κ2) is 5.48. The molecule has 0 fully saturated rings. The van der Waals surface area contributed by atoms with E-state index in [0.29, 0.717) is 12.0 Å². The molecule has 0 aliphatic heterocycles. The van der Waals surface area contributed by atoms with Crippen molar-refractivity contribution in [2.24, 2.45) is 0 Å². The van der Waals surface area contributed by atoms with Gasteiger partial charge in [-0.05, 0) is 27.7 Å². The lowest BCUT2D eigenvalue weighted by atomic mass is 10.4. The van der Waals surface area contributed by atoms with E-state index in [-0.39, 0.29) is 0 Å². The molecule has 0 aliphatic carbocycles. The molecule has 1 aromatic rings. The summed E-state index contributed by atoms with van der Waals surface area (Å²) in [4.78, 5) is 6.46. The zero-order valence-corrected chi connectivity index (χ0v) is 9.86. The maximum atomic E-state index is 4.40. The summed E-state index contributed by atoms with van der Waals surface area (Å²) in [5.74, 6) is 1.47. The van der Waals surface area contributed by atoms with Gasteiger partial charge in [-0.15, -0.1) is 5.10 Å². The van der Waals surface area contributed by atoms with Crippen molar-refractivity contribution in [2.45, 2.75) is 33.7 Å². The molecule has 0 radical (unpaired) electrons. The standard InChI is InChI=1S/C10H19N5/c1-5-15(6-2)10-13-9(7-11-14-10)12-8(3)4/h7-8H,5-6H2,1-4H3,(H,12,13,14). The lowest BCUT2D eigenvalue weighted by molar-refractivity contribution is 0.788. The maximum absolute atomic E-state index is 4.40. The average Bonchev–Trinajstić information content (AvgIpc) is 2.19. The van der Waals surface area contributed by atoms with E-state index in [9.17, 15) is 0 Å². The van der Waals surface area contributed by atoms with Gasteiger partial charge < -0.3 is 10.2 Å². The largest absolute Gasteiger partial charge is 0.366 e. The summed E-state index contributed by atoms with van der Waals surface area (Å²) in [7, 11) is 0. The van der Waals surface area contributed by atoms with Gasteiger partial charge in [0.15, 0.2) is 5.82 Å². The predicted molar refractivity (Wildman–Crippen MR) is 62.1 cm³/mol. The Balaban J connectivity index is 2.81. The number of nitrogens with zero attached hydrogens (tertiary/aromatic N) is 4. The summed E-state index contributed by atoms with van der Waals surface area (Å²) in [6, 6.07) is 0.353. The van der Waals surface area contributed by atoms with E-state index in [2.05, 4.69) is 53.1 Å². The van der Waals surface area contributed by atoms with Gasteiger partial charge in [0.05, 0.1) is 6.20 Å². The molecule has 0 unspecified atom stereocenters. The fraction of sp³-hybridized carbons (Fsp3) is 0.700. The maximum Gasteiger partial charge on any atom is 0.247 e. The highest BCUT2D eigenvalue weighted by Gasteiger charge is 2.07. The van der Waals surface area contributed by atoms with Crippen LogP contribution in [-0.4, -0.2) is 34.3 Å². The highest BCUT2D eigenvalue weighted by Crippen LogP contribution is 2.09. The van der Waals surface area contributed by atoms with Gasteiger partial charge in [-0.25, -0.2) is 0 Å². The quantitative estimate of drug-likeness (QED) is 0.797. The monoisotopic (exact) mass is 209 g/mol. The molecule has 0 bridgehead atoms. The highest BCUT2D eigenvalue weighted by atomic mass is 15.3. The third kappa shape index (κ3) is 3.34. The van der Waals surface area contributed by atoms with Crippen LogP contribution in [0.25, 0.3) is 0 Å². The molecule has 0 aliphatic rings. The molecule has 1 aromatic heterocycles. The zero-order valence-electron chi connectivity index (χ0n) is 9.86. The molecule has 1 rings (SSSR count). The number of hydrogen-bond acceptors (Lipinski definition) is 5. The van der Waals surface area contributed by atoms with Crippen molar-refractivity contribution < 1.29 is 0 Å². The minimum atomic E-state index is 0.353. The van der Waals surface area contributed by atoms with Gasteiger partial charge in [0, 0.05) is 19.1 Å². The van der Waals surface area contributed by atoms with E-state index in [0.717, 1.165) is 18.9 Å². The summed E-state index contributed by atoms with van der Waals surface area (Å²) in [6.45, 7) is 10.1. The molecule has 84 valence electrons. The van der Waals surface area contributed by atoms with E-state index >= 15 is 0 Å². The number of anilines is 2. The number of rotatable bonds is 5. The first kappa shape index (κ1) is 11.7. The SMILES string of the molecule is CCN(CC)c1nncc(NC(C)C)n1. The van der Waals surface area contributed by atoms with E-state index in [1.165, 1.54) is 0 Å². The third-order valence-corrected chi connectivity index (χ3v) is 2.03. The van der Waals surface area contributed by atoms with Gasteiger partial charge >= 0.3 is 0 Å². The lowest BCUT2D eigenvalue weighted by Gasteiger charge is -2.18.